The van der Waals surface area contributed by atoms with E-state index in [9.17, 15) is 9.18 Å². The zero-order valence-electron chi connectivity index (χ0n) is 13.8. The van der Waals surface area contributed by atoms with Crippen molar-refractivity contribution in [2.45, 2.75) is 47.3 Å². The zero-order chi connectivity index (χ0) is 17.6. The van der Waals surface area contributed by atoms with Gasteiger partial charge in [0.2, 0.25) is 0 Å². The predicted molar refractivity (Wildman–Crippen MR) is 101 cm³/mol. The summed E-state index contributed by atoms with van der Waals surface area (Å²) in [5.41, 5.74) is 1.81. The van der Waals surface area contributed by atoms with Crippen molar-refractivity contribution in [3.63, 3.8) is 0 Å². The van der Waals surface area contributed by atoms with Gasteiger partial charge in [-0.1, -0.05) is 18.6 Å². The second-order valence-corrected chi connectivity index (χ2v) is 8.44. The number of aromatic nitrogens is 1. The van der Waals surface area contributed by atoms with Crippen molar-refractivity contribution in [1.82, 2.24) is 4.98 Å². The Bertz CT molecular complexity index is 750. The molecule has 3 nitrogen and oxygen atoms in total. The van der Waals surface area contributed by atoms with Crippen molar-refractivity contribution in [2.24, 2.45) is 0 Å². The highest BCUT2D eigenvalue weighted by Gasteiger charge is 2.21. The molecular weight excluding hydrogens is 357 g/mol. The lowest BCUT2D eigenvalue weighted by Crippen LogP contribution is -2.13. The molecule has 0 unspecified atom stereocenters. The molecule has 1 aliphatic carbocycles. The summed E-state index contributed by atoms with van der Waals surface area (Å²) >= 11 is 3.15. The summed E-state index contributed by atoms with van der Waals surface area (Å²) in [7, 11) is 0. The smallest absolute Gasteiger partial charge is 0.303 e. The lowest BCUT2D eigenvalue weighted by molar-refractivity contribution is -0.137. The van der Waals surface area contributed by atoms with Crippen LogP contribution in [0.15, 0.2) is 46.5 Å². The normalized spacial score (nSPS) is 14.3. The molecule has 1 heterocycles. The maximum atomic E-state index is 14.4. The monoisotopic (exact) mass is 377 g/mol. The number of carboxylic acids is 1. The molecule has 1 aromatic heterocycles. The molecule has 6 heteroatoms. The van der Waals surface area contributed by atoms with Crippen LogP contribution in [-0.4, -0.2) is 27.1 Å². The number of nitrogens with zero attached hydrogens (tertiary/aromatic N) is 1. The molecule has 0 aliphatic heterocycles. The lowest BCUT2D eigenvalue weighted by atomic mass is 10.00. The topological polar surface area (TPSA) is 50.2 Å². The Morgan fingerprint density at radius 3 is 2.84 bits per heavy atom. The maximum Gasteiger partial charge on any atom is 0.303 e. The number of carboxylic acid groups (broad SMARTS) is 1. The lowest BCUT2D eigenvalue weighted by Gasteiger charge is -2.24. The summed E-state index contributed by atoms with van der Waals surface area (Å²) in [6.45, 7) is 0. The van der Waals surface area contributed by atoms with Gasteiger partial charge in [0, 0.05) is 28.3 Å². The Morgan fingerprint density at radius 1 is 1.32 bits per heavy atom. The zero-order valence-corrected chi connectivity index (χ0v) is 15.4. The fourth-order valence-electron chi connectivity index (χ4n) is 2.54. The van der Waals surface area contributed by atoms with Gasteiger partial charge in [-0.3, -0.25) is 4.79 Å². The van der Waals surface area contributed by atoms with Crippen LogP contribution in [0.3, 0.4) is 0 Å². The highest BCUT2D eigenvalue weighted by atomic mass is 32.2. The second-order valence-electron chi connectivity index (χ2n) is 6.02. The number of halogens is 1. The molecule has 1 aromatic carbocycles. The first-order valence-electron chi connectivity index (χ1n) is 8.39. The van der Waals surface area contributed by atoms with Crippen LogP contribution in [0.2, 0.25) is 0 Å². The number of benzene rings is 1. The third kappa shape index (κ3) is 4.98. The summed E-state index contributed by atoms with van der Waals surface area (Å²) < 4.78 is 14.4. The molecule has 0 amide bonds. The first-order chi connectivity index (χ1) is 12.1. The standard InChI is InChI=1S/C19H20FNO2S2/c20-16-12-13(8-9-17(16)24-11-3-7-18(22)23)15-6-2-10-21-19(15)25-14-4-1-5-14/h2,6,8-10,12,14H,1,3-5,7,11H2,(H,22,23). The minimum absolute atomic E-state index is 0.115. The van der Waals surface area contributed by atoms with Gasteiger partial charge in [-0.15, -0.1) is 23.5 Å². The van der Waals surface area contributed by atoms with E-state index in [1.807, 2.05) is 18.2 Å². The molecule has 1 N–H and O–H groups in total. The van der Waals surface area contributed by atoms with E-state index in [-0.39, 0.29) is 12.2 Å². The first kappa shape index (κ1) is 18.3. The number of rotatable bonds is 8. The Morgan fingerprint density at radius 2 is 2.16 bits per heavy atom. The molecule has 132 valence electrons. The third-order valence-electron chi connectivity index (χ3n) is 4.14. The SMILES string of the molecule is O=C(O)CCCSc1ccc(-c2cccnc2SC2CCC2)cc1F. The summed E-state index contributed by atoms with van der Waals surface area (Å²) in [4.78, 5) is 15.6. The van der Waals surface area contributed by atoms with E-state index in [2.05, 4.69) is 4.98 Å². The molecule has 1 saturated carbocycles. The summed E-state index contributed by atoms with van der Waals surface area (Å²) in [6.07, 6.45) is 6.16. The second kappa shape index (κ2) is 8.72. The van der Waals surface area contributed by atoms with E-state index in [0.29, 0.717) is 22.3 Å². The van der Waals surface area contributed by atoms with E-state index in [1.54, 1.807) is 30.1 Å². The largest absolute Gasteiger partial charge is 0.481 e. The number of carbonyl (C=O) groups is 1. The Balaban J connectivity index is 1.71. The van der Waals surface area contributed by atoms with Gasteiger partial charge < -0.3 is 5.11 Å². The number of aliphatic carboxylic acids is 1. The highest BCUT2D eigenvalue weighted by Crippen LogP contribution is 2.40. The molecule has 0 bridgehead atoms. The van der Waals surface area contributed by atoms with Crippen molar-refractivity contribution >= 4 is 29.5 Å². The van der Waals surface area contributed by atoms with Crippen molar-refractivity contribution < 1.29 is 14.3 Å². The first-order valence-corrected chi connectivity index (χ1v) is 10.3. The fourth-order valence-corrected chi connectivity index (χ4v) is 4.73. The van der Waals surface area contributed by atoms with E-state index in [4.69, 9.17) is 5.11 Å². The molecule has 0 spiro atoms. The molecule has 3 rings (SSSR count). The predicted octanol–water partition coefficient (Wildman–Crippen LogP) is 5.49. The number of hydrogen-bond acceptors (Lipinski definition) is 4. The van der Waals surface area contributed by atoms with Crippen molar-refractivity contribution in [3.8, 4) is 11.1 Å². The van der Waals surface area contributed by atoms with E-state index in [0.717, 1.165) is 16.2 Å². The van der Waals surface area contributed by atoms with Crippen molar-refractivity contribution in [2.75, 3.05) is 5.75 Å². The van der Waals surface area contributed by atoms with Crippen LogP contribution >= 0.6 is 23.5 Å². The molecule has 0 saturated heterocycles. The molecule has 0 atom stereocenters. The van der Waals surface area contributed by atoms with Crippen LogP contribution in [0.4, 0.5) is 4.39 Å². The molecule has 2 aromatic rings. The summed E-state index contributed by atoms with van der Waals surface area (Å²) in [5.74, 6) is -0.483. The van der Waals surface area contributed by atoms with Gasteiger partial charge >= 0.3 is 5.97 Å². The summed E-state index contributed by atoms with van der Waals surface area (Å²) in [5, 5.41) is 10.2. The van der Waals surface area contributed by atoms with Gasteiger partial charge in [0.15, 0.2) is 0 Å². The minimum atomic E-state index is -0.815. The highest BCUT2D eigenvalue weighted by molar-refractivity contribution is 8.00. The van der Waals surface area contributed by atoms with Crippen LogP contribution in [0.25, 0.3) is 11.1 Å². The molecule has 1 aliphatic rings. The van der Waals surface area contributed by atoms with Crippen molar-refractivity contribution in [1.29, 1.82) is 0 Å². The molecular formula is C19H20FNO2S2. The maximum absolute atomic E-state index is 14.4. The average molecular weight is 378 g/mol. The van der Waals surface area contributed by atoms with Crippen LogP contribution in [0.5, 0.6) is 0 Å². The van der Waals surface area contributed by atoms with Gasteiger partial charge in [-0.25, -0.2) is 9.37 Å². The third-order valence-corrected chi connectivity index (χ3v) is 6.63. The van der Waals surface area contributed by atoms with Gasteiger partial charge in [-0.05, 0) is 48.8 Å². The van der Waals surface area contributed by atoms with Gasteiger partial charge in [-0.2, -0.15) is 0 Å². The Kier molecular flexibility index (Phi) is 6.37. The quantitative estimate of drug-likeness (QED) is 0.487. The van der Waals surface area contributed by atoms with Crippen molar-refractivity contribution in [3.05, 3.63) is 42.3 Å². The van der Waals surface area contributed by atoms with Gasteiger partial charge in [0.05, 0.1) is 0 Å². The number of hydrogen-bond donors (Lipinski definition) is 1. The van der Waals surface area contributed by atoms with Gasteiger partial charge in [0.1, 0.15) is 10.8 Å². The van der Waals surface area contributed by atoms with Crippen LogP contribution in [0.1, 0.15) is 32.1 Å². The molecule has 25 heavy (non-hydrogen) atoms. The van der Waals surface area contributed by atoms with E-state index < -0.39 is 5.97 Å². The number of thioether (sulfide) groups is 2. The molecule has 0 radical (unpaired) electrons. The Hall–Kier alpha value is -1.53. The fraction of sp³-hybridized carbons (Fsp3) is 0.368. The van der Waals surface area contributed by atoms with Gasteiger partial charge in [0.25, 0.3) is 0 Å². The van der Waals surface area contributed by atoms with E-state index >= 15 is 0 Å². The Labute approximate surface area is 155 Å². The average Bonchev–Trinajstić information content (AvgIpc) is 2.56. The number of pyridine rings is 1. The minimum Gasteiger partial charge on any atom is -0.481 e. The van der Waals surface area contributed by atoms with E-state index in [1.165, 1.54) is 31.0 Å². The van der Waals surface area contributed by atoms with Crippen LogP contribution in [0, 0.1) is 5.82 Å². The molecule has 1 fully saturated rings. The van der Waals surface area contributed by atoms with Crippen LogP contribution in [-0.2, 0) is 4.79 Å². The van der Waals surface area contributed by atoms with Crippen LogP contribution < -0.4 is 0 Å². The summed E-state index contributed by atoms with van der Waals surface area (Å²) in [6, 6.07) is 9.13.